The molecule has 0 bridgehead atoms. The zero-order valence-corrected chi connectivity index (χ0v) is 22.9. The van der Waals surface area contributed by atoms with E-state index in [4.69, 9.17) is 14.2 Å². The van der Waals surface area contributed by atoms with Crippen LogP contribution in [0.1, 0.15) is 56.5 Å². The first kappa shape index (κ1) is 28.0. The van der Waals surface area contributed by atoms with Crippen molar-refractivity contribution in [3.63, 3.8) is 0 Å². The standard InChI is InChI=1S/C30H34F3N3O4/c1-4-38-29(37)20-9-11-36(12-10-20)16-19-13-21-5-7-23(15-26(21)39-17-19)40-27(18(2)3)22-6-8-25-24(14-22)28(35-34-25)30(31,32)33/h5-8,13-15,18,20,27H,4,9-12,16-17H2,1-3H3,(H,34,35). The molecule has 2 aliphatic heterocycles. The van der Waals surface area contributed by atoms with Gasteiger partial charge in [0.15, 0.2) is 0 Å². The van der Waals surface area contributed by atoms with E-state index in [1.165, 1.54) is 6.07 Å². The number of aromatic amines is 1. The number of alkyl halides is 3. The summed E-state index contributed by atoms with van der Waals surface area (Å²) in [6, 6.07) is 10.5. The van der Waals surface area contributed by atoms with Crippen LogP contribution >= 0.6 is 0 Å². The molecule has 0 saturated carbocycles. The van der Waals surface area contributed by atoms with Crippen molar-refractivity contribution in [3.8, 4) is 11.5 Å². The molecule has 0 amide bonds. The van der Waals surface area contributed by atoms with Crippen LogP contribution in [0.5, 0.6) is 11.5 Å². The summed E-state index contributed by atoms with van der Waals surface area (Å²) < 4.78 is 57.9. The molecule has 1 N–H and O–H groups in total. The van der Waals surface area contributed by atoms with Crippen molar-refractivity contribution in [2.75, 3.05) is 32.8 Å². The van der Waals surface area contributed by atoms with E-state index < -0.39 is 18.0 Å². The van der Waals surface area contributed by atoms with Crippen LogP contribution in [0.2, 0.25) is 0 Å². The summed E-state index contributed by atoms with van der Waals surface area (Å²) in [6.07, 6.45) is -1.27. The van der Waals surface area contributed by atoms with Gasteiger partial charge in [0.25, 0.3) is 0 Å². The van der Waals surface area contributed by atoms with Gasteiger partial charge in [-0.3, -0.25) is 14.8 Å². The molecule has 1 unspecified atom stereocenters. The average molecular weight is 558 g/mol. The lowest BCUT2D eigenvalue weighted by atomic mass is 9.96. The van der Waals surface area contributed by atoms with Crippen LogP contribution in [0.3, 0.4) is 0 Å². The van der Waals surface area contributed by atoms with E-state index in [1.54, 1.807) is 12.1 Å². The van der Waals surface area contributed by atoms with Crippen molar-refractivity contribution in [1.29, 1.82) is 0 Å². The van der Waals surface area contributed by atoms with Crippen LogP contribution in [-0.2, 0) is 15.7 Å². The summed E-state index contributed by atoms with van der Waals surface area (Å²) in [5, 5.41) is 5.93. The van der Waals surface area contributed by atoms with E-state index in [9.17, 15) is 18.0 Å². The van der Waals surface area contributed by atoms with Crippen molar-refractivity contribution in [2.24, 2.45) is 11.8 Å². The van der Waals surface area contributed by atoms with Crippen LogP contribution < -0.4 is 9.47 Å². The molecule has 10 heteroatoms. The number of hydrogen-bond donors (Lipinski definition) is 1. The zero-order chi connectivity index (χ0) is 28.4. The Kier molecular flexibility index (Phi) is 8.07. The minimum atomic E-state index is -4.52. The van der Waals surface area contributed by atoms with E-state index in [-0.39, 0.29) is 28.7 Å². The number of H-pyrrole nitrogens is 1. The number of esters is 1. The van der Waals surface area contributed by atoms with Gasteiger partial charge in [0.05, 0.1) is 18.0 Å². The summed E-state index contributed by atoms with van der Waals surface area (Å²) in [4.78, 5) is 14.3. The maximum atomic E-state index is 13.4. The number of likely N-dealkylation sites (tertiary alicyclic amines) is 1. The van der Waals surface area contributed by atoms with Crippen molar-refractivity contribution < 1.29 is 32.2 Å². The lowest BCUT2D eigenvalue weighted by molar-refractivity contribution is -0.149. The van der Waals surface area contributed by atoms with Crippen LogP contribution in [0, 0.1) is 11.8 Å². The van der Waals surface area contributed by atoms with Crippen LogP contribution in [0.25, 0.3) is 17.0 Å². The number of benzene rings is 2. The molecule has 3 heterocycles. The van der Waals surface area contributed by atoms with Crippen LogP contribution in [0.15, 0.2) is 42.0 Å². The molecule has 0 radical (unpaired) electrons. The van der Waals surface area contributed by atoms with Crippen LogP contribution in [-0.4, -0.2) is 53.9 Å². The van der Waals surface area contributed by atoms with Crippen molar-refractivity contribution in [1.82, 2.24) is 15.1 Å². The molecular weight excluding hydrogens is 523 g/mol. The largest absolute Gasteiger partial charge is 0.488 e. The van der Waals surface area contributed by atoms with Gasteiger partial charge in [-0.05, 0) is 80.3 Å². The smallest absolute Gasteiger partial charge is 0.433 e. The Morgan fingerprint density at radius 2 is 1.95 bits per heavy atom. The first-order valence-corrected chi connectivity index (χ1v) is 13.7. The highest BCUT2D eigenvalue weighted by atomic mass is 19.4. The number of hydrogen-bond acceptors (Lipinski definition) is 6. The summed E-state index contributed by atoms with van der Waals surface area (Å²) in [5.74, 6) is 1.17. The second kappa shape index (κ2) is 11.5. The maximum absolute atomic E-state index is 13.4. The lowest BCUT2D eigenvalue weighted by Gasteiger charge is -2.32. The molecule has 214 valence electrons. The van der Waals surface area contributed by atoms with Crippen molar-refractivity contribution in [3.05, 3.63) is 58.8 Å². The Morgan fingerprint density at radius 1 is 1.18 bits per heavy atom. The normalized spacial score (nSPS) is 17.3. The molecule has 40 heavy (non-hydrogen) atoms. The molecule has 7 nitrogen and oxygen atoms in total. The number of nitrogens with one attached hydrogen (secondary N) is 1. The number of rotatable bonds is 8. The molecular formula is C30H34F3N3O4. The summed E-state index contributed by atoms with van der Waals surface area (Å²) >= 11 is 0. The van der Waals surface area contributed by atoms with E-state index in [0.717, 1.165) is 43.6 Å². The van der Waals surface area contributed by atoms with Gasteiger partial charge in [-0.15, -0.1) is 0 Å². The number of carbonyl (C=O) groups excluding carboxylic acids is 1. The monoisotopic (exact) mass is 557 g/mol. The number of ether oxygens (including phenoxy) is 3. The van der Waals surface area contributed by atoms with E-state index >= 15 is 0 Å². The number of nitrogens with zero attached hydrogens (tertiary/aromatic N) is 2. The van der Waals surface area contributed by atoms with Gasteiger partial charge in [0.1, 0.15) is 29.9 Å². The fourth-order valence-corrected chi connectivity index (χ4v) is 5.39. The average Bonchev–Trinajstić information content (AvgIpc) is 3.36. The van der Waals surface area contributed by atoms with Gasteiger partial charge in [-0.2, -0.15) is 18.3 Å². The molecule has 2 aliphatic rings. The number of fused-ring (bicyclic) bond motifs is 2. The first-order valence-electron chi connectivity index (χ1n) is 13.7. The third kappa shape index (κ3) is 6.11. The molecule has 0 aliphatic carbocycles. The summed E-state index contributed by atoms with van der Waals surface area (Å²) in [7, 11) is 0. The summed E-state index contributed by atoms with van der Waals surface area (Å²) in [6.45, 7) is 9.09. The zero-order valence-electron chi connectivity index (χ0n) is 22.9. The van der Waals surface area contributed by atoms with Gasteiger partial charge in [-0.1, -0.05) is 19.9 Å². The van der Waals surface area contributed by atoms with E-state index in [1.807, 2.05) is 39.0 Å². The Hall–Kier alpha value is -3.53. The van der Waals surface area contributed by atoms with Gasteiger partial charge in [0.2, 0.25) is 0 Å². The topological polar surface area (TPSA) is 76.7 Å². The molecule has 1 aromatic heterocycles. The number of halogens is 3. The van der Waals surface area contributed by atoms with Crippen molar-refractivity contribution >= 4 is 22.9 Å². The predicted molar refractivity (Wildman–Crippen MR) is 145 cm³/mol. The number of carbonyl (C=O) groups is 1. The van der Waals surface area contributed by atoms with Crippen molar-refractivity contribution in [2.45, 2.75) is 45.9 Å². The molecule has 1 saturated heterocycles. The molecule has 0 spiro atoms. The molecule has 2 aromatic carbocycles. The molecule has 3 aromatic rings. The third-order valence-electron chi connectivity index (χ3n) is 7.45. The highest BCUT2D eigenvalue weighted by Crippen LogP contribution is 2.38. The molecule has 1 atom stereocenters. The lowest BCUT2D eigenvalue weighted by Crippen LogP contribution is -2.38. The molecule has 1 fully saturated rings. The second-order valence-corrected chi connectivity index (χ2v) is 10.7. The summed E-state index contributed by atoms with van der Waals surface area (Å²) in [5.41, 5.74) is 2.14. The second-order valence-electron chi connectivity index (χ2n) is 10.7. The number of aromatic nitrogens is 2. The Morgan fingerprint density at radius 3 is 2.65 bits per heavy atom. The Balaban J connectivity index is 1.27. The minimum absolute atomic E-state index is 0.00453. The fourth-order valence-electron chi connectivity index (χ4n) is 5.39. The predicted octanol–water partition coefficient (Wildman–Crippen LogP) is 6.41. The van der Waals surface area contributed by atoms with Gasteiger partial charge >= 0.3 is 12.1 Å². The highest BCUT2D eigenvalue weighted by molar-refractivity contribution is 5.82. The maximum Gasteiger partial charge on any atom is 0.433 e. The SMILES string of the molecule is CCOC(=O)C1CCN(CC2=Cc3ccc(OC(c4ccc5n[nH]c(C(F)(F)F)c5c4)C(C)C)cc3OC2)CC1. The van der Waals surface area contributed by atoms with E-state index in [0.29, 0.717) is 30.3 Å². The Bertz CT molecular complexity index is 1390. The molecule has 5 rings (SSSR count). The number of piperidine rings is 1. The highest BCUT2D eigenvalue weighted by Gasteiger charge is 2.35. The first-order chi connectivity index (χ1) is 19.1. The van der Waals surface area contributed by atoms with Gasteiger partial charge in [-0.25, -0.2) is 0 Å². The minimum Gasteiger partial charge on any atom is -0.488 e. The van der Waals surface area contributed by atoms with Gasteiger partial charge < -0.3 is 14.2 Å². The fraction of sp³-hybridized carbons (Fsp3) is 0.467. The third-order valence-corrected chi connectivity index (χ3v) is 7.45. The van der Waals surface area contributed by atoms with Gasteiger partial charge in [0, 0.05) is 23.6 Å². The quantitative estimate of drug-likeness (QED) is 0.323. The van der Waals surface area contributed by atoms with E-state index in [2.05, 4.69) is 21.2 Å². The van der Waals surface area contributed by atoms with Crippen LogP contribution in [0.4, 0.5) is 13.2 Å². The Labute approximate surface area is 231 Å².